The number of methoxy groups -OCH3 is 1. The van der Waals surface area contributed by atoms with E-state index in [-0.39, 0.29) is 5.97 Å². The molecule has 1 saturated heterocycles. The molecule has 1 unspecified atom stereocenters. The van der Waals surface area contributed by atoms with Gasteiger partial charge in [-0.2, -0.15) is 0 Å². The standard InChI is InChI=1S/C14H15N3O3/c1-19-14(18)12-8-20-7-6-17(12)13-10-4-2-3-5-11(10)15-9-16-13/h2-5,9,12H,6-8H2,1H3. The molecular weight excluding hydrogens is 258 g/mol. The minimum absolute atomic E-state index is 0.311. The van der Waals surface area contributed by atoms with Crippen molar-refractivity contribution in [3.63, 3.8) is 0 Å². The van der Waals surface area contributed by atoms with E-state index in [2.05, 4.69) is 9.97 Å². The van der Waals surface area contributed by atoms with Gasteiger partial charge in [-0.25, -0.2) is 14.8 Å². The molecule has 20 heavy (non-hydrogen) atoms. The molecule has 2 heterocycles. The molecule has 3 rings (SSSR count). The van der Waals surface area contributed by atoms with E-state index in [0.29, 0.717) is 19.8 Å². The van der Waals surface area contributed by atoms with Crippen LogP contribution in [0.15, 0.2) is 30.6 Å². The van der Waals surface area contributed by atoms with Crippen LogP contribution in [0, 0.1) is 0 Å². The van der Waals surface area contributed by atoms with E-state index in [1.54, 1.807) is 0 Å². The highest BCUT2D eigenvalue weighted by Gasteiger charge is 2.32. The number of fused-ring (bicyclic) bond motifs is 1. The van der Waals surface area contributed by atoms with Gasteiger partial charge in [0.25, 0.3) is 0 Å². The van der Waals surface area contributed by atoms with Crippen LogP contribution in [0.4, 0.5) is 5.82 Å². The van der Waals surface area contributed by atoms with Gasteiger partial charge in [-0.3, -0.25) is 0 Å². The van der Waals surface area contributed by atoms with Crippen molar-refractivity contribution in [2.75, 3.05) is 31.8 Å². The monoisotopic (exact) mass is 273 g/mol. The van der Waals surface area contributed by atoms with Crippen LogP contribution < -0.4 is 4.90 Å². The molecule has 1 aliphatic heterocycles. The topological polar surface area (TPSA) is 64.6 Å². The Morgan fingerprint density at radius 3 is 3.10 bits per heavy atom. The van der Waals surface area contributed by atoms with Crippen LogP contribution in [0.25, 0.3) is 10.9 Å². The van der Waals surface area contributed by atoms with Gasteiger partial charge < -0.3 is 14.4 Å². The number of carbonyl (C=O) groups excluding carboxylic acids is 1. The van der Waals surface area contributed by atoms with Crippen molar-refractivity contribution >= 4 is 22.7 Å². The summed E-state index contributed by atoms with van der Waals surface area (Å²) in [5, 5.41) is 0.922. The number of aromatic nitrogens is 2. The van der Waals surface area contributed by atoms with Crippen molar-refractivity contribution in [3.8, 4) is 0 Å². The summed E-state index contributed by atoms with van der Waals surface area (Å²) in [6, 6.07) is 7.27. The van der Waals surface area contributed by atoms with Crippen molar-refractivity contribution in [1.82, 2.24) is 9.97 Å². The van der Waals surface area contributed by atoms with Crippen molar-refractivity contribution < 1.29 is 14.3 Å². The highest BCUT2D eigenvalue weighted by Crippen LogP contribution is 2.25. The summed E-state index contributed by atoms with van der Waals surface area (Å²) in [4.78, 5) is 22.4. The molecular formula is C14H15N3O3. The van der Waals surface area contributed by atoms with Crippen molar-refractivity contribution in [2.45, 2.75) is 6.04 Å². The van der Waals surface area contributed by atoms with Gasteiger partial charge in [-0.05, 0) is 12.1 Å². The SMILES string of the molecule is COC(=O)C1COCCN1c1ncnc2ccccc12. The molecule has 1 aromatic carbocycles. The fourth-order valence-electron chi connectivity index (χ4n) is 2.41. The zero-order valence-corrected chi connectivity index (χ0v) is 11.2. The fraction of sp³-hybridized carbons (Fsp3) is 0.357. The lowest BCUT2D eigenvalue weighted by molar-refractivity contribution is -0.144. The van der Waals surface area contributed by atoms with Crippen LogP contribution in [0.5, 0.6) is 0 Å². The van der Waals surface area contributed by atoms with E-state index in [0.717, 1.165) is 16.7 Å². The van der Waals surface area contributed by atoms with Gasteiger partial charge in [-0.1, -0.05) is 12.1 Å². The largest absolute Gasteiger partial charge is 0.467 e. The first-order valence-corrected chi connectivity index (χ1v) is 6.43. The average Bonchev–Trinajstić information content (AvgIpc) is 2.53. The van der Waals surface area contributed by atoms with Gasteiger partial charge in [-0.15, -0.1) is 0 Å². The van der Waals surface area contributed by atoms with Crippen molar-refractivity contribution in [3.05, 3.63) is 30.6 Å². The van der Waals surface area contributed by atoms with Crippen LogP contribution >= 0.6 is 0 Å². The zero-order valence-electron chi connectivity index (χ0n) is 11.2. The normalized spacial score (nSPS) is 19.1. The maximum Gasteiger partial charge on any atom is 0.330 e. The summed E-state index contributed by atoms with van der Waals surface area (Å²) in [5.74, 6) is 0.432. The maximum absolute atomic E-state index is 11.9. The number of ether oxygens (including phenoxy) is 2. The number of esters is 1. The second kappa shape index (κ2) is 5.42. The molecule has 1 fully saturated rings. The third-order valence-corrected chi connectivity index (χ3v) is 3.40. The molecule has 0 radical (unpaired) electrons. The Hall–Kier alpha value is -2.21. The molecule has 0 saturated carbocycles. The van der Waals surface area contributed by atoms with E-state index in [1.807, 2.05) is 29.2 Å². The third kappa shape index (κ3) is 2.18. The van der Waals surface area contributed by atoms with E-state index in [1.165, 1.54) is 13.4 Å². The molecule has 0 amide bonds. The maximum atomic E-state index is 11.9. The minimum atomic E-state index is -0.466. The molecule has 0 bridgehead atoms. The lowest BCUT2D eigenvalue weighted by atomic mass is 10.1. The first-order valence-electron chi connectivity index (χ1n) is 6.43. The molecule has 0 aliphatic carbocycles. The summed E-state index contributed by atoms with van der Waals surface area (Å²) < 4.78 is 10.2. The number of morpholine rings is 1. The summed E-state index contributed by atoms with van der Waals surface area (Å²) in [7, 11) is 1.38. The molecule has 2 aromatic rings. The van der Waals surface area contributed by atoms with Crippen LogP contribution in [0.3, 0.4) is 0 Å². The molecule has 0 spiro atoms. The Balaban J connectivity index is 2.06. The quantitative estimate of drug-likeness (QED) is 0.761. The van der Waals surface area contributed by atoms with Gasteiger partial charge >= 0.3 is 5.97 Å². The first-order chi connectivity index (χ1) is 9.81. The number of nitrogens with zero attached hydrogens (tertiary/aromatic N) is 3. The van der Waals surface area contributed by atoms with E-state index < -0.39 is 6.04 Å². The molecule has 6 nitrogen and oxygen atoms in total. The molecule has 1 atom stereocenters. The number of hydrogen-bond acceptors (Lipinski definition) is 6. The Morgan fingerprint density at radius 1 is 1.40 bits per heavy atom. The minimum Gasteiger partial charge on any atom is -0.467 e. The van der Waals surface area contributed by atoms with E-state index in [4.69, 9.17) is 9.47 Å². The lowest BCUT2D eigenvalue weighted by Gasteiger charge is -2.34. The molecule has 1 aliphatic rings. The molecule has 1 aromatic heterocycles. The van der Waals surface area contributed by atoms with Gasteiger partial charge in [0.2, 0.25) is 0 Å². The Labute approximate surface area is 116 Å². The molecule has 104 valence electrons. The fourth-order valence-corrected chi connectivity index (χ4v) is 2.41. The first kappa shape index (κ1) is 12.8. The number of rotatable bonds is 2. The number of para-hydroxylation sites is 1. The number of hydrogen-bond donors (Lipinski definition) is 0. The molecule has 0 N–H and O–H groups in total. The van der Waals surface area contributed by atoms with E-state index in [9.17, 15) is 4.79 Å². The predicted molar refractivity (Wildman–Crippen MR) is 73.5 cm³/mol. The second-order valence-corrected chi connectivity index (χ2v) is 4.52. The Kier molecular flexibility index (Phi) is 3.47. The molecule has 6 heteroatoms. The lowest BCUT2D eigenvalue weighted by Crippen LogP contribution is -2.51. The number of carbonyl (C=O) groups is 1. The number of anilines is 1. The van der Waals surface area contributed by atoms with Gasteiger partial charge in [0.05, 0.1) is 25.8 Å². The smallest absolute Gasteiger partial charge is 0.330 e. The average molecular weight is 273 g/mol. The predicted octanol–water partition coefficient (Wildman–Crippen LogP) is 1.01. The summed E-state index contributed by atoms with van der Waals surface area (Å²) in [6.07, 6.45) is 1.52. The van der Waals surface area contributed by atoms with Gasteiger partial charge in [0.15, 0.2) is 6.04 Å². The highest BCUT2D eigenvalue weighted by molar-refractivity contribution is 5.91. The second-order valence-electron chi connectivity index (χ2n) is 4.52. The summed E-state index contributed by atoms with van der Waals surface area (Å²) in [5.41, 5.74) is 0.854. The third-order valence-electron chi connectivity index (χ3n) is 3.40. The van der Waals surface area contributed by atoms with E-state index >= 15 is 0 Å². The highest BCUT2D eigenvalue weighted by atomic mass is 16.5. The van der Waals surface area contributed by atoms with Gasteiger partial charge in [0, 0.05) is 11.9 Å². The van der Waals surface area contributed by atoms with Crippen LogP contribution in [0.1, 0.15) is 0 Å². The zero-order chi connectivity index (χ0) is 13.9. The summed E-state index contributed by atoms with van der Waals surface area (Å²) in [6.45, 7) is 1.47. The summed E-state index contributed by atoms with van der Waals surface area (Å²) >= 11 is 0. The van der Waals surface area contributed by atoms with Crippen molar-refractivity contribution in [1.29, 1.82) is 0 Å². The van der Waals surface area contributed by atoms with Crippen molar-refractivity contribution in [2.24, 2.45) is 0 Å². The number of benzene rings is 1. The van der Waals surface area contributed by atoms with Crippen LogP contribution in [-0.2, 0) is 14.3 Å². The van der Waals surface area contributed by atoms with Crippen LogP contribution in [0.2, 0.25) is 0 Å². The Bertz CT molecular complexity index is 627. The van der Waals surface area contributed by atoms with Gasteiger partial charge in [0.1, 0.15) is 12.1 Å². The Morgan fingerprint density at radius 2 is 2.25 bits per heavy atom. The van der Waals surface area contributed by atoms with Crippen LogP contribution in [-0.4, -0.2) is 48.8 Å².